The summed E-state index contributed by atoms with van der Waals surface area (Å²) in [5.41, 5.74) is 1.15. The molecule has 0 saturated carbocycles. The van der Waals surface area contributed by atoms with Gasteiger partial charge in [0.2, 0.25) is 0 Å². The van der Waals surface area contributed by atoms with Gasteiger partial charge in [-0.2, -0.15) is 0 Å². The highest BCUT2D eigenvalue weighted by atomic mass is 35.5. The van der Waals surface area contributed by atoms with E-state index in [0.29, 0.717) is 6.04 Å². The van der Waals surface area contributed by atoms with E-state index in [9.17, 15) is 0 Å². The molecule has 0 unspecified atom stereocenters. The van der Waals surface area contributed by atoms with Crippen LogP contribution < -0.4 is 5.32 Å². The van der Waals surface area contributed by atoms with Crippen LogP contribution in [0, 0.1) is 0 Å². The minimum atomic E-state index is 0.540. The van der Waals surface area contributed by atoms with Crippen molar-refractivity contribution >= 4 is 11.6 Å². The number of pyridine rings is 1. The lowest BCUT2D eigenvalue weighted by molar-refractivity contribution is 0.276. The van der Waals surface area contributed by atoms with Crippen molar-refractivity contribution in [2.75, 3.05) is 19.6 Å². The van der Waals surface area contributed by atoms with Crippen LogP contribution in [0.3, 0.4) is 0 Å². The molecule has 1 N–H and O–H groups in total. The standard InChI is InChI=1S/C13H22ClN3/c1-4-17(8-7-16-11(2)3)10-12-5-6-15-9-13(12)14/h5-6,9,11,16H,4,7-8,10H2,1-3H3. The molecule has 0 fully saturated rings. The highest BCUT2D eigenvalue weighted by molar-refractivity contribution is 6.31. The molecular formula is C13H22ClN3. The maximum Gasteiger partial charge on any atom is 0.0634 e. The Hall–Kier alpha value is -0.640. The topological polar surface area (TPSA) is 28.2 Å². The van der Waals surface area contributed by atoms with Crippen molar-refractivity contribution < 1.29 is 0 Å². The van der Waals surface area contributed by atoms with Crippen LogP contribution in [0.4, 0.5) is 0 Å². The fraction of sp³-hybridized carbons (Fsp3) is 0.615. The van der Waals surface area contributed by atoms with Crippen LogP contribution in [0.15, 0.2) is 18.5 Å². The van der Waals surface area contributed by atoms with Gasteiger partial charge in [-0.15, -0.1) is 0 Å². The van der Waals surface area contributed by atoms with Crippen LogP contribution in [0.25, 0.3) is 0 Å². The van der Waals surface area contributed by atoms with Crippen molar-refractivity contribution in [3.05, 3.63) is 29.0 Å². The van der Waals surface area contributed by atoms with Gasteiger partial charge in [0.1, 0.15) is 0 Å². The third-order valence-corrected chi connectivity index (χ3v) is 3.02. The van der Waals surface area contributed by atoms with Crippen molar-refractivity contribution in [2.45, 2.75) is 33.4 Å². The summed E-state index contributed by atoms with van der Waals surface area (Å²) in [4.78, 5) is 6.37. The lowest BCUT2D eigenvalue weighted by Gasteiger charge is -2.21. The van der Waals surface area contributed by atoms with E-state index in [1.807, 2.05) is 6.07 Å². The van der Waals surface area contributed by atoms with Crippen molar-refractivity contribution in [3.63, 3.8) is 0 Å². The number of hydrogen-bond donors (Lipinski definition) is 1. The summed E-state index contributed by atoms with van der Waals surface area (Å²) >= 11 is 6.10. The maximum atomic E-state index is 6.10. The zero-order valence-electron chi connectivity index (χ0n) is 10.9. The molecule has 1 heterocycles. The first kappa shape index (κ1) is 14.4. The van der Waals surface area contributed by atoms with Crippen molar-refractivity contribution in [3.8, 4) is 0 Å². The molecule has 1 aromatic rings. The van der Waals surface area contributed by atoms with Crippen molar-refractivity contribution in [1.29, 1.82) is 0 Å². The molecule has 0 aromatic carbocycles. The average molecular weight is 256 g/mol. The normalized spacial score (nSPS) is 11.4. The molecule has 0 radical (unpaired) electrons. The minimum absolute atomic E-state index is 0.540. The molecule has 0 atom stereocenters. The first-order valence-corrected chi connectivity index (χ1v) is 6.55. The van der Waals surface area contributed by atoms with Gasteiger partial charge in [0.15, 0.2) is 0 Å². The summed E-state index contributed by atoms with van der Waals surface area (Å²) in [5.74, 6) is 0. The highest BCUT2D eigenvalue weighted by Gasteiger charge is 2.06. The predicted octanol–water partition coefficient (Wildman–Crippen LogP) is 2.55. The van der Waals surface area contributed by atoms with E-state index in [1.165, 1.54) is 0 Å². The summed E-state index contributed by atoms with van der Waals surface area (Å²) in [6.07, 6.45) is 3.50. The van der Waals surface area contributed by atoms with Gasteiger partial charge in [0, 0.05) is 38.1 Å². The van der Waals surface area contributed by atoms with E-state index < -0.39 is 0 Å². The molecule has 96 valence electrons. The van der Waals surface area contributed by atoms with Crippen LogP contribution >= 0.6 is 11.6 Å². The lowest BCUT2D eigenvalue weighted by Crippen LogP contribution is -2.34. The Bertz CT molecular complexity index is 328. The zero-order chi connectivity index (χ0) is 12.7. The molecule has 4 heteroatoms. The number of aromatic nitrogens is 1. The van der Waals surface area contributed by atoms with Crippen LogP contribution in [0.1, 0.15) is 26.3 Å². The fourth-order valence-electron chi connectivity index (χ4n) is 1.63. The first-order valence-electron chi connectivity index (χ1n) is 6.17. The second kappa shape index (κ2) is 7.64. The molecule has 0 saturated heterocycles. The summed E-state index contributed by atoms with van der Waals surface area (Å²) < 4.78 is 0. The van der Waals surface area contributed by atoms with Gasteiger partial charge in [-0.25, -0.2) is 0 Å². The molecule has 0 amide bonds. The Kier molecular flexibility index (Phi) is 6.48. The highest BCUT2D eigenvalue weighted by Crippen LogP contribution is 2.15. The van der Waals surface area contributed by atoms with E-state index in [2.05, 4.69) is 36.0 Å². The largest absolute Gasteiger partial charge is 0.313 e. The number of nitrogens with one attached hydrogen (secondary N) is 1. The number of hydrogen-bond acceptors (Lipinski definition) is 3. The Morgan fingerprint density at radius 1 is 1.47 bits per heavy atom. The molecule has 0 aliphatic rings. The number of rotatable bonds is 7. The van der Waals surface area contributed by atoms with E-state index in [4.69, 9.17) is 11.6 Å². The van der Waals surface area contributed by atoms with Gasteiger partial charge in [0.25, 0.3) is 0 Å². The van der Waals surface area contributed by atoms with Gasteiger partial charge < -0.3 is 5.32 Å². The second-order valence-corrected chi connectivity index (χ2v) is 4.85. The summed E-state index contributed by atoms with van der Waals surface area (Å²) in [7, 11) is 0. The van der Waals surface area contributed by atoms with Crippen LogP contribution in [0.5, 0.6) is 0 Å². The third-order valence-electron chi connectivity index (χ3n) is 2.68. The molecule has 0 aliphatic heterocycles. The molecule has 0 spiro atoms. The quantitative estimate of drug-likeness (QED) is 0.812. The second-order valence-electron chi connectivity index (χ2n) is 4.44. The minimum Gasteiger partial charge on any atom is -0.313 e. The van der Waals surface area contributed by atoms with Gasteiger partial charge >= 0.3 is 0 Å². The van der Waals surface area contributed by atoms with Crippen LogP contribution in [-0.4, -0.2) is 35.6 Å². The van der Waals surface area contributed by atoms with Crippen LogP contribution in [0.2, 0.25) is 5.02 Å². The molecule has 0 bridgehead atoms. The molecule has 17 heavy (non-hydrogen) atoms. The maximum absolute atomic E-state index is 6.10. The van der Waals surface area contributed by atoms with Gasteiger partial charge in [-0.1, -0.05) is 32.4 Å². The van der Waals surface area contributed by atoms with Gasteiger partial charge in [-0.3, -0.25) is 9.88 Å². The molecule has 3 nitrogen and oxygen atoms in total. The first-order chi connectivity index (χ1) is 8.13. The average Bonchev–Trinajstić information content (AvgIpc) is 2.30. The summed E-state index contributed by atoms with van der Waals surface area (Å²) in [6.45, 7) is 10.5. The molecule has 1 aromatic heterocycles. The summed E-state index contributed by atoms with van der Waals surface area (Å²) in [6, 6.07) is 2.53. The van der Waals surface area contributed by atoms with Crippen LogP contribution in [-0.2, 0) is 6.54 Å². The Morgan fingerprint density at radius 2 is 2.24 bits per heavy atom. The number of halogens is 1. The molecule has 1 rings (SSSR count). The Morgan fingerprint density at radius 3 is 2.82 bits per heavy atom. The predicted molar refractivity (Wildman–Crippen MR) is 73.3 cm³/mol. The fourth-order valence-corrected chi connectivity index (χ4v) is 1.81. The van der Waals surface area contributed by atoms with Gasteiger partial charge in [-0.05, 0) is 18.2 Å². The van der Waals surface area contributed by atoms with Gasteiger partial charge in [0.05, 0.1) is 5.02 Å². The van der Waals surface area contributed by atoms with Crippen molar-refractivity contribution in [1.82, 2.24) is 15.2 Å². The van der Waals surface area contributed by atoms with E-state index >= 15 is 0 Å². The zero-order valence-corrected chi connectivity index (χ0v) is 11.7. The lowest BCUT2D eigenvalue weighted by atomic mass is 10.2. The Labute approximate surface area is 109 Å². The number of nitrogens with zero attached hydrogens (tertiary/aromatic N) is 2. The monoisotopic (exact) mass is 255 g/mol. The molecular weight excluding hydrogens is 234 g/mol. The van der Waals surface area contributed by atoms with E-state index in [0.717, 1.165) is 36.8 Å². The van der Waals surface area contributed by atoms with Crippen molar-refractivity contribution in [2.24, 2.45) is 0 Å². The van der Waals surface area contributed by atoms with E-state index in [1.54, 1.807) is 12.4 Å². The Balaban J connectivity index is 2.44. The summed E-state index contributed by atoms with van der Waals surface area (Å²) in [5, 5.41) is 4.18. The third kappa shape index (κ3) is 5.48. The smallest absolute Gasteiger partial charge is 0.0634 e. The SMILES string of the molecule is CCN(CCNC(C)C)Cc1ccncc1Cl. The number of likely N-dealkylation sites (N-methyl/N-ethyl adjacent to an activating group) is 1. The van der Waals surface area contributed by atoms with E-state index in [-0.39, 0.29) is 0 Å². The molecule has 0 aliphatic carbocycles.